The third kappa shape index (κ3) is 5.33. The van der Waals surface area contributed by atoms with Crippen LogP contribution < -0.4 is 9.47 Å². The van der Waals surface area contributed by atoms with Crippen molar-refractivity contribution in [1.29, 1.82) is 0 Å². The van der Waals surface area contributed by atoms with Crippen LogP contribution in [0.15, 0.2) is 48.5 Å². The first-order valence-electron chi connectivity index (χ1n) is 7.74. The zero-order chi connectivity index (χ0) is 16.7. The van der Waals surface area contributed by atoms with Crippen molar-refractivity contribution in [2.45, 2.75) is 33.5 Å². The minimum Gasteiger partial charge on any atom is -0.491 e. The summed E-state index contributed by atoms with van der Waals surface area (Å²) >= 11 is 0. The predicted molar refractivity (Wildman–Crippen MR) is 88.9 cm³/mol. The van der Waals surface area contributed by atoms with E-state index in [1.165, 1.54) is 0 Å². The summed E-state index contributed by atoms with van der Waals surface area (Å²) in [5, 5.41) is 0. The van der Waals surface area contributed by atoms with Crippen molar-refractivity contribution >= 4 is 5.97 Å². The summed E-state index contributed by atoms with van der Waals surface area (Å²) < 4.78 is 16.5. The van der Waals surface area contributed by atoms with Crippen LogP contribution in [0, 0.1) is 0 Å². The number of benzene rings is 2. The number of carbonyl (C=O) groups excluding carboxylic acids is 1. The van der Waals surface area contributed by atoms with Gasteiger partial charge in [-0.1, -0.05) is 30.3 Å². The maximum Gasteiger partial charge on any atom is 0.338 e. The average Bonchev–Trinajstić information content (AvgIpc) is 2.53. The lowest BCUT2D eigenvalue weighted by Crippen LogP contribution is -2.09. The van der Waals surface area contributed by atoms with Gasteiger partial charge in [-0.15, -0.1) is 0 Å². The van der Waals surface area contributed by atoms with Gasteiger partial charge in [0.25, 0.3) is 0 Å². The largest absolute Gasteiger partial charge is 0.491 e. The Labute approximate surface area is 137 Å². The van der Waals surface area contributed by atoms with Gasteiger partial charge in [0, 0.05) is 6.07 Å². The first-order chi connectivity index (χ1) is 11.1. The molecule has 0 aliphatic heterocycles. The lowest BCUT2D eigenvalue weighted by Gasteiger charge is -2.14. The summed E-state index contributed by atoms with van der Waals surface area (Å²) in [6.45, 7) is 6.39. The molecule has 0 N–H and O–H groups in total. The highest BCUT2D eigenvalue weighted by Crippen LogP contribution is 2.25. The molecule has 0 heterocycles. The molecular weight excluding hydrogens is 292 g/mol. The monoisotopic (exact) mass is 314 g/mol. The van der Waals surface area contributed by atoms with Gasteiger partial charge in [-0.2, -0.15) is 0 Å². The van der Waals surface area contributed by atoms with Crippen LogP contribution in [0.4, 0.5) is 0 Å². The summed E-state index contributed by atoms with van der Waals surface area (Å²) in [6, 6.07) is 15.0. The Morgan fingerprint density at radius 2 is 1.74 bits per heavy atom. The van der Waals surface area contributed by atoms with Gasteiger partial charge in [-0.3, -0.25) is 0 Å². The van der Waals surface area contributed by atoms with Gasteiger partial charge in [0.2, 0.25) is 0 Å². The van der Waals surface area contributed by atoms with Crippen LogP contribution in [-0.2, 0) is 11.3 Å². The Morgan fingerprint density at radius 1 is 1.04 bits per heavy atom. The molecule has 0 radical (unpaired) electrons. The van der Waals surface area contributed by atoms with E-state index in [2.05, 4.69) is 0 Å². The van der Waals surface area contributed by atoms with Crippen LogP contribution in [0.5, 0.6) is 11.5 Å². The van der Waals surface area contributed by atoms with Crippen LogP contribution in [0.3, 0.4) is 0 Å². The molecule has 0 atom stereocenters. The lowest BCUT2D eigenvalue weighted by atomic mass is 10.2. The molecule has 23 heavy (non-hydrogen) atoms. The standard InChI is InChI=1S/C19H22O4/c1-4-21-19(20)16-10-17(12-18(11-16)23-14(2)3)22-13-15-8-6-5-7-9-15/h5-12,14H,4,13H2,1-3H3. The second-order valence-electron chi connectivity index (χ2n) is 5.35. The Hall–Kier alpha value is -2.49. The van der Waals surface area contributed by atoms with Crippen molar-refractivity contribution in [1.82, 2.24) is 0 Å². The molecule has 2 aromatic carbocycles. The number of carbonyl (C=O) groups is 1. The molecule has 0 spiro atoms. The van der Waals surface area contributed by atoms with E-state index in [1.54, 1.807) is 25.1 Å². The minimum atomic E-state index is -0.383. The summed E-state index contributed by atoms with van der Waals surface area (Å²) in [4.78, 5) is 12.0. The van der Waals surface area contributed by atoms with Crippen molar-refractivity contribution in [3.05, 3.63) is 59.7 Å². The first kappa shape index (κ1) is 16.9. The van der Waals surface area contributed by atoms with Crippen LogP contribution in [0.2, 0.25) is 0 Å². The van der Waals surface area contributed by atoms with Gasteiger partial charge in [0.15, 0.2) is 0 Å². The summed E-state index contributed by atoms with van der Waals surface area (Å²) in [7, 11) is 0. The Morgan fingerprint density at radius 3 is 2.39 bits per heavy atom. The molecule has 0 amide bonds. The molecule has 0 saturated carbocycles. The molecule has 2 aromatic rings. The van der Waals surface area contributed by atoms with E-state index in [1.807, 2.05) is 44.2 Å². The fraction of sp³-hybridized carbons (Fsp3) is 0.316. The highest BCUT2D eigenvalue weighted by atomic mass is 16.5. The van der Waals surface area contributed by atoms with Gasteiger partial charge in [-0.25, -0.2) is 4.79 Å². The molecule has 0 aromatic heterocycles. The topological polar surface area (TPSA) is 44.8 Å². The first-order valence-corrected chi connectivity index (χ1v) is 7.74. The SMILES string of the molecule is CCOC(=O)c1cc(OCc2ccccc2)cc(OC(C)C)c1. The summed E-state index contributed by atoms with van der Waals surface area (Å²) in [6.07, 6.45) is 0.00872. The highest BCUT2D eigenvalue weighted by Gasteiger charge is 2.12. The van der Waals surface area contributed by atoms with E-state index in [4.69, 9.17) is 14.2 Å². The van der Waals surface area contributed by atoms with Crippen LogP contribution in [0.25, 0.3) is 0 Å². The van der Waals surface area contributed by atoms with Gasteiger partial charge >= 0.3 is 5.97 Å². The van der Waals surface area contributed by atoms with Crippen molar-refractivity contribution in [2.75, 3.05) is 6.61 Å². The quantitative estimate of drug-likeness (QED) is 0.717. The Kier molecular flexibility index (Phi) is 6.03. The van der Waals surface area contributed by atoms with Crippen LogP contribution in [0.1, 0.15) is 36.7 Å². The van der Waals surface area contributed by atoms with Crippen LogP contribution >= 0.6 is 0 Å². The van der Waals surface area contributed by atoms with E-state index < -0.39 is 0 Å². The molecule has 0 saturated heterocycles. The van der Waals surface area contributed by atoms with Crippen molar-refractivity contribution in [3.8, 4) is 11.5 Å². The molecule has 4 heteroatoms. The number of hydrogen-bond donors (Lipinski definition) is 0. The summed E-state index contributed by atoms with van der Waals surface area (Å²) in [5.41, 5.74) is 1.48. The molecule has 0 bridgehead atoms. The van der Waals surface area contributed by atoms with Gasteiger partial charge < -0.3 is 14.2 Å². The lowest BCUT2D eigenvalue weighted by molar-refractivity contribution is 0.0525. The maximum absolute atomic E-state index is 12.0. The van der Waals surface area contributed by atoms with E-state index in [0.29, 0.717) is 30.3 Å². The summed E-state index contributed by atoms with van der Waals surface area (Å²) in [5.74, 6) is 0.787. The zero-order valence-electron chi connectivity index (χ0n) is 13.7. The fourth-order valence-electron chi connectivity index (χ4n) is 2.07. The van der Waals surface area contributed by atoms with Crippen molar-refractivity contribution < 1.29 is 19.0 Å². The molecule has 4 nitrogen and oxygen atoms in total. The van der Waals surface area contributed by atoms with Gasteiger partial charge in [0.1, 0.15) is 18.1 Å². The van der Waals surface area contributed by atoms with E-state index >= 15 is 0 Å². The third-order valence-electron chi connectivity index (χ3n) is 3.01. The average molecular weight is 314 g/mol. The van der Waals surface area contributed by atoms with E-state index in [9.17, 15) is 4.79 Å². The molecule has 0 fully saturated rings. The molecule has 0 unspecified atom stereocenters. The van der Waals surface area contributed by atoms with Crippen molar-refractivity contribution in [2.24, 2.45) is 0 Å². The van der Waals surface area contributed by atoms with E-state index in [0.717, 1.165) is 5.56 Å². The minimum absolute atomic E-state index is 0.00872. The highest BCUT2D eigenvalue weighted by molar-refractivity contribution is 5.90. The normalized spacial score (nSPS) is 10.4. The Bertz CT molecular complexity index is 635. The number of ether oxygens (including phenoxy) is 3. The molecule has 122 valence electrons. The smallest absolute Gasteiger partial charge is 0.338 e. The molecular formula is C19H22O4. The Balaban J connectivity index is 2.19. The second-order valence-corrected chi connectivity index (χ2v) is 5.35. The number of rotatable bonds is 7. The van der Waals surface area contributed by atoms with Gasteiger partial charge in [0.05, 0.1) is 18.3 Å². The molecule has 2 rings (SSSR count). The number of hydrogen-bond acceptors (Lipinski definition) is 4. The van der Waals surface area contributed by atoms with E-state index in [-0.39, 0.29) is 12.1 Å². The van der Waals surface area contributed by atoms with Crippen LogP contribution in [-0.4, -0.2) is 18.7 Å². The maximum atomic E-state index is 12.0. The third-order valence-corrected chi connectivity index (χ3v) is 3.01. The number of esters is 1. The van der Waals surface area contributed by atoms with Gasteiger partial charge in [-0.05, 0) is 38.5 Å². The fourth-order valence-corrected chi connectivity index (χ4v) is 2.07. The molecule has 0 aliphatic rings. The predicted octanol–water partition coefficient (Wildman–Crippen LogP) is 4.23. The molecule has 0 aliphatic carbocycles. The second kappa shape index (κ2) is 8.22. The van der Waals surface area contributed by atoms with Crippen molar-refractivity contribution in [3.63, 3.8) is 0 Å². The zero-order valence-corrected chi connectivity index (χ0v) is 13.7.